The second-order valence-electron chi connectivity index (χ2n) is 9.47. The van der Waals surface area contributed by atoms with Crippen LogP contribution in [0, 0.1) is 5.41 Å². The molecule has 0 heterocycles. The molecule has 0 radical (unpaired) electrons. The van der Waals surface area contributed by atoms with Gasteiger partial charge >= 0.3 is 5.97 Å². The second-order valence-corrected chi connectivity index (χ2v) is 11.9. The molecule has 0 fully saturated rings. The third-order valence-electron chi connectivity index (χ3n) is 5.95. The van der Waals surface area contributed by atoms with E-state index in [-0.39, 0.29) is 17.0 Å². The number of benzene rings is 1. The lowest BCUT2D eigenvalue weighted by atomic mass is 9.86. The number of hydrogen-bond acceptors (Lipinski definition) is 3. The standard InChI is InChI=1S/C26H30ClNO4S/c1-18(2)19-10-12-22-20(16-24(25(29)30)23(22)13-11-19)14-15-26(3,4)17-28(27)33(31,32)21-8-6-5-7-9-21/h5-13,16,18H,14-15,17H2,1-4H3,(H,29,30). The zero-order valence-corrected chi connectivity index (χ0v) is 20.9. The number of hydrogen-bond donors (Lipinski definition) is 1. The van der Waals surface area contributed by atoms with E-state index in [9.17, 15) is 18.3 Å². The molecule has 0 spiro atoms. The molecule has 0 bridgehead atoms. The number of carboxylic acids is 1. The molecule has 0 aliphatic heterocycles. The van der Waals surface area contributed by atoms with E-state index < -0.39 is 21.4 Å². The molecule has 1 aromatic carbocycles. The van der Waals surface area contributed by atoms with Crippen molar-refractivity contribution in [2.45, 2.75) is 51.3 Å². The van der Waals surface area contributed by atoms with Gasteiger partial charge in [0, 0.05) is 6.54 Å². The Bertz CT molecular complexity index is 1210. The molecule has 1 aromatic rings. The number of rotatable bonds is 9. The molecule has 0 unspecified atom stereocenters. The average Bonchev–Trinajstić information content (AvgIpc) is 2.95. The van der Waals surface area contributed by atoms with E-state index in [2.05, 4.69) is 13.8 Å². The zero-order chi connectivity index (χ0) is 24.4. The first-order chi connectivity index (χ1) is 15.4. The van der Waals surface area contributed by atoms with Crippen molar-refractivity contribution in [2.75, 3.05) is 6.54 Å². The molecule has 0 amide bonds. The summed E-state index contributed by atoms with van der Waals surface area (Å²) in [6.07, 6.45) is 1.24. The van der Waals surface area contributed by atoms with Gasteiger partial charge in [-0.1, -0.05) is 70.2 Å². The molecule has 176 valence electrons. The molecule has 0 saturated carbocycles. The third kappa shape index (κ3) is 5.75. The highest BCUT2D eigenvalue weighted by atomic mass is 35.5. The average molecular weight is 488 g/mol. The van der Waals surface area contributed by atoms with Crippen molar-refractivity contribution in [1.82, 2.24) is 3.82 Å². The molecule has 1 N–H and O–H groups in total. The van der Waals surface area contributed by atoms with Crippen LogP contribution in [-0.4, -0.2) is 29.9 Å². The number of carbonyl (C=O) groups is 1. The van der Waals surface area contributed by atoms with Crippen molar-refractivity contribution >= 4 is 27.8 Å². The fourth-order valence-electron chi connectivity index (χ4n) is 3.89. The Hall–Kier alpha value is -2.41. The van der Waals surface area contributed by atoms with Crippen molar-refractivity contribution in [2.24, 2.45) is 5.41 Å². The number of halogens is 1. The fraction of sp³-hybridized carbons (Fsp3) is 0.346. The van der Waals surface area contributed by atoms with E-state index in [0.29, 0.717) is 24.3 Å². The van der Waals surface area contributed by atoms with Crippen LogP contribution in [0.25, 0.3) is 11.1 Å². The highest BCUT2D eigenvalue weighted by Crippen LogP contribution is 2.36. The maximum Gasteiger partial charge on any atom is 0.336 e. The van der Waals surface area contributed by atoms with E-state index in [1.54, 1.807) is 24.3 Å². The SMILES string of the molecule is CC(C)c1ccc2c(CCC(C)(C)CN(Cl)S(=O)(=O)c3ccccc3)cc(C(=O)O)c-2cc1. The highest BCUT2D eigenvalue weighted by molar-refractivity contribution is 7.90. The monoisotopic (exact) mass is 487 g/mol. The van der Waals surface area contributed by atoms with Gasteiger partial charge in [0.25, 0.3) is 10.0 Å². The predicted molar refractivity (Wildman–Crippen MR) is 132 cm³/mol. The van der Waals surface area contributed by atoms with Crippen molar-refractivity contribution in [3.05, 3.63) is 77.4 Å². The van der Waals surface area contributed by atoms with Crippen LogP contribution in [0.3, 0.4) is 0 Å². The third-order valence-corrected chi connectivity index (χ3v) is 8.14. The largest absolute Gasteiger partial charge is 0.478 e. The van der Waals surface area contributed by atoms with E-state index >= 15 is 0 Å². The maximum atomic E-state index is 12.8. The molecule has 3 rings (SSSR count). The summed E-state index contributed by atoms with van der Waals surface area (Å²) in [5.74, 6) is -0.623. The minimum Gasteiger partial charge on any atom is -0.478 e. The topological polar surface area (TPSA) is 74.7 Å². The first-order valence-electron chi connectivity index (χ1n) is 10.9. The molecule has 2 aliphatic carbocycles. The molecule has 0 saturated heterocycles. The van der Waals surface area contributed by atoms with E-state index in [0.717, 1.165) is 20.5 Å². The number of nitrogens with zero attached hydrogens (tertiary/aromatic N) is 1. The van der Waals surface area contributed by atoms with Crippen LogP contribution in [0.2, 0.25) is 0 Å². The van der Waals surface area contributed by atoms with Gasteiger partial charge in [-0.25, -0.2) is 13.2 Å². The summed E-state index contributed by atoms with van der Waals surface area (Å²) in [6, 6.07) is 17.7. The number of aryl methyl sites for hydroxylation is 1. The molecule has 0 atom stereocenters. The van der Waals surface area contributed by atoms with Crippen LogP contribution in [0.5, 0.6) is 0 Å². The van der Waals surface area contributed by atoms with E-state index in [1.165, 1.54) is 12.1 Å². The minimum atomic E-state index is -3.80. The lowest BCUT2D eigenvalue weighted by Crippen LogP contribution is -2.32. The summed E-state index contributed by atoms with van der Waals surface area (Å²) >= 11 is 6.25. The van der Waals surface area contributed by atoms with Crippen molar-refractivity contribution < 1.29 is 18.3 Å². The van der Waals surface area contributed by atoms with Gasteiger partial charge in [-0.2, -0.15) is 0 Å². The minimum absolute atomic E-state index is 0.126. The van der Waals surface area contributed by atoms with Gasteiger partial charge < -0.3 is 5.11 Å². The summed E-state index contributed by atoms with van der Waals surface area (Å²) in [4.78, 5) is 12.0. The number of fused-ring (bicyclic) bond motifs is 1. The van der Waals surface area contributed by atoms with Gasteiger partial charge in [-0.05, 0) is 76.4 Å². The van der Waals surface area contributed by atoms with Gasteiger partial charge in [0.15, 0.2) is 0 Å². The molecular formula is C26H30ClNO4S. The lowest BCUT2D eigenvalue weighted by Gasteiger charge is -2.28. The Balaban J connectivity index is 1.82. The first-order valence-corrected chi connectivity index (χ1v) is 12.7. The van der Waals surface area contributed by atoms with Crippen LogP contribution in [0.4, 0.5) is 0 Å². The van der Waals surface area contributed by atoms with Gasteiger partial charge in [0.1, 0.15) is 0 Å². The summed E-state index contributed by atoms with van der Waals surface area (Å²) in [6.45, 7) is 8.25. The van der Waals surface area contributed by atoms with Crippen LogP contribution in [0.15, 0.2) is 65.6 Å². The number of carboxylic acid groups (broad SMARTS) is 1. The van der Waals surface area contributed by atoms with E-state index in [1.807, 2.05) is 38.1 Å². The van der Waals surface area contributed by atoms with Gasteiger partial charge in [-0.3, -0.25) is 0 Å². The van der Waals surface area contributed by atoms with Crippen molar-refractivity contribution in [1.29, 1.82) is 0 Å². The van der Waals surface area contributed by atoms with Gasteiger partial charge in [0.2, 0.25) is 0 Å². The summed E-state index contributed by atoms with van der Waals surface area (Å²) in [5, 5.41) is 9.71. The summed E-state index contributed by atoms with van der Waals surface area (Å²) in [7, 11) is -3.80. The van der Waals surface area contributed by atoms with Crippen LogP contribution >= 0.6 is 11.8 Å². The molecular weight excluding hydrogens is 458 g/mol. The normalized spacial score (nSPS) is 12.6. The molecule has 7 heteroatoms. The highest BCUT2D eigenvalue weighted by Gasteiger charge is 2.30. The van der Waals surface area contributed by atoms with Crippen LogP contribution < -0.4 is 0 Å². The fourth-order valence-corrected chi connectivity index (χ4v) is 5.70. The van der Waals surface area contributed by atoms with E-state index in [4.69, 9.17) is 11.8 Å². The smallest absolute Gasteiger partial charge is 0.336 e. The molecule has 5 nitrogen and oxygen atoms in total. The quantitative estimate of drug-likeness (QED) is 0.353. The molecule has 33 heavy (non-hydrogen) atoms. The number of aromatic carboxylic acids is 1. The summed E-state index contributed by atoms with van der Waals surface area (Å²) < 4.78 is 26.5. The van der Waals surface area contributed by atoms with Crippen molar-refractivity contribution in [3.8, 4) is 11.1 Å². The van der Waals surface area contributed by atoms with Crippen molar-refractivity contribution in [3.63, 3.8) is 0 Å². The lowest BCUT2D eigenvalue weighted by molar-refractivity contribution is 0.0698. The van der Waals surface area contributed by atoms with Crippen LogP contribution in [-0.2, 0) is 16.4 Å². The Labute approximate surface area is 201 Å². The maximum absolute atomic E-state index is 12.8. The Morgan fingerprint density at radius 3 is 2.21 bits per heavy atom. The Kier molecular flexibility index (Phi) is 7.52. The molecule has 2 aliphatic rings. The zero-order valence-electron chi connectivity index (χ0n) is 19.4. The van der Waals surface area contributed by atoms with Crippen LogP contribution in [0.1, 0.15) is 61.5 Å². The Morgan fingerprint density at radius 1 is 1.03 bits per heavy atom. The van der Waals surface area contributed by atoms with Gasteiger partial charge in [0.05, 0.1) is 10.5 Å². The Morgan fingerprint density at radius 2 is 1.64 bits per heavy atom. The summed E-state index contributed by atoms with van der Waals surface area (Å²) in [5.41, 5.74) is 3.56. The molecule has 0 aromatic heterocycles. The second kappa shape index (κ2) is 9.84. The van der Waals surface area contributed by atoms with Gasteiger partial charge in [-0.15, -0.1) is 3.82 Å². The first kappa shape index (κ1) is 25.2. The predicted octanol–water partition coefficient (Wildman–Crippen LogP) is 6.42. The number of sulfonamides is 1.